The summed E-state index contributed by atoms with van der Waals surface area (Å²) in [6.45, 7) is 4.75. The van der Waals surface area contributed by atoms with Gasteiger partial charge in [0, 0.05) is 27.2 Å². The quantitative estimate of drug-likeness (QED) is 0.768. The first-order valence-corrected chi connectivity index (χ1v) is 7.93. The van der Waals surface area contributed by atoms with Crippen molar-refractivity contribution in [1.82, 2.24) is 0 Å². The molecule has 1 aromatic carbocycles. The van der Waals surface area contributed by atoms with Crippen molar-refractivity contribution in [2.75, 3.05) is 11.9 Å². The minimum Gasteiger partial charge on any atom is -0.377 e. The number of carbonyl (C=O) groups excluding carboxylic acids is 1. The van der Waals surface area contributed by atoms with Crippen LogP contribution in [0.4, 0.5) is 5.69 Å². The topological polar surface area (TPSA) is 64.3 Å². The van der Waals surface area contributed by atoms with Crippen LogP contribution in [0.1, 0.15) is 20.3 Å². The SMILES string of the molecule is CC1(C)C2OCCC2C1(N)C(=O)Nc1cccc(I)c1. The molecule has 108 valence electrons. The lowest BCUT2D eigenvalue weighted by atomic mass is 9.48. The highest BCUT2D eigenvalue weighted by Crippen LogP contribution is 2.58. The molecule has 4 nitrogen and oxygen atoms in total. The molecular formula is C15H19IN2O2. The minimum absolute atomic E-state index is 0.101. The number of hydrogen-bond acceptors (Lipinski definition) is 3. The van der Waals surface area contributed by atoms with Crippen LogP contribution >= 0.6 is 22.6 Å². The number of benzene rings is 1. The molecule has 2 aliphatic rings. The fourth-order valence-electron chi connectivity index (χ4n) is 3.65. The molecule has 1 amide bonds. The molecule has 3 unspecified atom stereocenters. The summed E-state index contributed by atoms with van der Waals surface area (Å²) in [6, 6.07) is 7.74. The van der Waals surface area contributed by atoms with Crippen LogP contribution in [0.3, 0.4) is 0 Å². The molecule has 3 rings (SSSR count). The monoisotopic (exact) mass is 386 g/mol. The van der Waals surface area contributed by atoms with Gasteiger partial charge in [-0.05, 0) is 47.2 Å². The molecule has 3 atom stereocenters. The third-order valence-electron chi connectivity index (χ3n) is 4.91. The number of carbonyl (C=O) groups is 1. The summed E-state index contributed by atoms with van der Waals surface area (Å²) in [5, 5.41) is 2.97. The number of fused-ring (bicyclic) bond motifs is 1. The second kappa shape index (κ2) is 4.68. The molecule has 1 saturated carbocycles. The van der Waals surface area contributed by atoms with E-state index < -0.39 is 5.54 Å². The first-order chi connectivity index (χ1) is 9.37. The van der Waals surface area contributed by atoms with E-state index in [1.807, 2.05) is 38.1 Å². The van der Waals surface area contributed by atoms with Crippen LogP contribution in [0, 0.1) is 14.9 Å². The number of hydrogen-bond donors (Lipinski definition) is 2. The maximum atomic E-state index is 12.7. The summed E-state index contributed by atoms with van der Waals surface area (Å²) >= 11 is 2.23. The summed E-state index contributed by atoms with van der Waals surface area (Å²) in [6.07, 6.45) is 0.971. The largest absolute Gasteiger partial charge is 0.377 e. The second-order valence-electron chi connectivity index (χ2n) is 6.24. The Morgan fingerprint density at radius 1 is 1.50 bits per heavy atom. The first kappa shape index (κ1) is 14.3. The third kappa shape index (κ3) is 1.83. The van der Waals surface area contributed by atoms with Crippen molar-refractivity contribution in [2.45, 2.75) is 31.9 Å². The Bertz CT molecular complexity index is 561. The number of anilines is 1. The lowest BCUT2D eigenvalue weighted by Crippen LogP contribution is -2.79. The molecule has 0 aromatic heterocycles. The van der Waals surface area contributed by atoms with Crippen LogP contribution in [-0.4, -0.2) is 24.2 Å². The van der Waals surface area contributed by atoms with Crippen LogP contribution in [0.15, 0.2) is 24.3 Å². The predicted molar refractivity (Wildman–Crippen MR) is 86.3 cm³/mol. The van der Waals surface area contributed by atoms with E-state index in [1.54, 1.807) is 0 Å². The van der Waals surface area contributed by atoms with Crippen LogP contribution in [-0.2, 0) is 9.53 Å². The number of rotatable bonds is 2. The lowest BCUT2D eigenvalue weighted by Gasteiger charge is -2.60. The number of ether oxygens (including phenoxy) is 1. The fraction of sp³-hybridized carbons (Fsp3) is 0.533. The summed E-state index contributed by atoms with van der Waals surface area (Å²) in [5.41, 5.74) is 6.11. The molecule has 0 bridgehead atoms. The van der Waals surface area contributed by atoms with E-state index in [2.05, 4.69) is 27.9 Å². The highest BCUT2D eigenvalue weighted by molar-refractivity contribution is 14.1. The van der Waals surface area contributed by atoms with Crippen molar-refractivity contribution in [3.63, 3.8) is 0 Å². The van der Waals surface area contributed by atoms with E-state index in [9.17, 15) is 4.79 Å². The van der Waals surface area contributed by atoms with Gasteiger partial charge in [0.05, 0.1) is 6.10 Å². The molecule has 1 saturated heterocycles. The summed E-state index contributed by atoms with van der Waals surface area (Å²) in [7, 11) is 0. The zero-order chi connectivity index (χ0) is 14.5. The minimum atomic E-state index is -0.852. The lowest BCUT2D eigenvalue weighted by molar-refractivity contribution is -0.170. The van der Waals surface area contributed by atoms with E-state index in [0.29, 0.717) is 6.61 Å². The molecule has 3 N–H and O–H groups in total. The van der Waals surface area contributed by atoms with Gasteiger partial charge < -0.3 is 15.8 Å². The zero-order valence-corrected chi connectivity index (χ0v) is 13.8. The molecule has 0 radical (unpaired) electrons. The number of halogens is 1. The number of nitrogens with two attached hydrogens (primary N) is 1. The molecule has 0 spiro atoms. The van der Waals surface area contributed by atoms with Gasteiger partial charge in [0.2, 0.25) is 5.91 Å². The van der Waals surface area contributed by atoms with Gasteiger partial charge in [0.1, 0.15) is 5.54 Å². The molecule has 2 fully saturated rings. The highest BCUT2D eigenvalue weighted by Gasteiger charge is 2.71. The van der Waals surface area contributed by atoms with Crippen molar-refractivity contribution >= 4 is 34.2 Å². The highest BCUT2D eigenvalue weighted by atomic mass is 127. The van der Waals surface area contributed by atoms with Crippen molar-refractivity contribution in [3.8, 4) is 0 Å². The van der Waals surface area contributed by atoms with Gasteiger partial charge in [-0.1, -0.05) is 19.9 Å². The fourth-order valence-corrected chi connectivity index (χ4v) is 4.19. The van der Waals surface area contributed by atoms with Crippen molar-refractivity contribution in [1.29, 1.82) is 0 Å². The maximum absolute atomic E-state index is 12.7. The summed E-state index contributed by atoms with van der Waals surface area (Å²) < 4.78 is 6.81. The summed E-state index contributed by atoms with van der Waals surface area (Å²) in [4.78, 5) is 12.7. The van der Waals surface area contributed by atoms with Crippen LogP contribution in [0.25, 0.3) is 0 Å². The van der Waals surface area contributed by atoms with Gasteiger partial charge in [-0.15, -0.1) is 0 Å². The maximum Gasteiger partial charge on any atom is 0.245 e. The Labute approximate surface area is 132 Å². The van der Waals surface area contributed by atoms with Gasteiger partial charge >= 0.3 is 0 Å². The van der Waals surface area contributed by atoms with Gasteiger partial charge in [0.25, 0.3) is 0 Å². The van der Waals surface area contributed by atoms with Crippen LogP contribution in [0.5, 0.6) is 0 Å². The van der Waals surface area contributed by atoms with Crippen molar-refractivity contribution in [3.05, 3.63) is 27.8 Å². The molecule has 1 aliphatic carbocycles. The normalized spacial score (nSPS) is 34.2. The standard InChI is InChI=1S/C15H19IN2O2/c1-14(2)12-11(6-7-20-12)15(14,17)13(19)18-10-5-3-4-9(16)8-10/h3-5,8,11-12H,6-7,17H2,1-2H3,(H,18,19). The molecule has 20 heavy (non-hydrogen) atoms. The van der Waals surface area contributed by atoms with Gasteiger partial charge in [0.15, 0.2) is 0 Å². The molecule has 1 aromatic rings. The Morgan fingerprint density at radius 2 is 2.25 bits per heavy atom. The summed E-state index contributed by atoms with van der Waals surface area (Å²) in [5.74, 6) is 0.0246. The van der Waals surface area contributed by atoms with Crippen molar-refractivity contribution in [2.24, 2.45) is 17.1 Å². The second-order valence-corrected chi connectivity index (χ2v) is 7.49. The van der Waals surface area contributed by atoms with E-state index >= 15 is 0 Å². The van der Waals surface area contributed by atoms with Crippen LogP contribution in [0.2, 0.25) is 0 Å². The van der Waals surface area contributed by atoms with Crippen molar-refractivity contribution < 1.29 is 9.53 Å². The van der Waals surface area contributed by atoms with E-state index in [0.717, 1.165) is 15.7 Å². The zero-order valence-electron chi connectivity index (χ0n) is 11.7. The Hall–Kier alpha value is -0.660. The Morgan fingerprint density at radius 3 is 2.95 bits per heavy atom. The molecule has 1 heterocycles. The van der Waals surface area contributed by atoms with Gasteiger partial charge in [-0.25, -0.2) is 0 Å². The van der Waals surface area contributed by atoms with Crippen LogP contribution < -0.4 is 11.1 Å². The smallest absolute Gasteiger partial charge is 0.245 e. The third-order valence-corrected chi connectivity index (χ3v) is 5.58. The number of nitrogens with one attached hydrogen (secondary N) is 1. The van der Waals surface area contributed by atoms with E-state index in [-0.39, 0.29) is 23.3 Å². The van der Waals surface area contributed by atoms with E-state index in [1.165, 1.54) is 0 Å². The predicted octanol–water partition coefficient (Wildman–Crippen LogP) is 2.37. The molecule has 5 heteroatoms. The van der Waals surface area contributed by atoms with E-state index in [4.69, 9.17) is 10.5 Å². The molecule has 1 aliphatic heterocycles. The molecular weight excluding hydrogens is 367 g/mol. The van der Waals surface area contributed by atoms with Gasteiger partial charge in [-0.3, -0.25) is 4.79 Å². The average Bonchev–Trinajstić information content (AvgIpc) is 2.85. The first-order valence-electron chi connectivity index (χ1n) is 6.85. The average molecular weight is 386 g/mol. The Balaban J connectivity index is 1.83. The van der Waals surface area contributed by atoms with Gasteiger partial charge in [-0.2, -0.15) is 0 Å². The Kier molecular flexibility index (Phi) is 3.34. The number of amides is 1.